The molecule has 1 atom stereocenters. The fraction of sp³-hybridized carbons (Fsp3) is 0.562. The van der Waals surface area contributed by atoms with Gasteiger partial charge in [0, 0.05) is 22.5 Å². The van der Waals surface area contributed by atoms with Crippen LogP contribution in [0.2, 0.25) is 0 Å². The van der Waals surface area contributed by atoms with E-state index in [0.717, 1.165) is 35.0 Å². The lowest BCUT2D eigenvalue weighted by molar-refractivity contribution is -0.143. The summed E-state index contributed by atoms with van der Waals surface area (Å²) >= 11 is 3.44. The lowest BCUT2D eigenvalue weighted by atomic mass is 10.1. The number of ether oxygens (including phenoxy) is 2. The third-order valence-electron chi connectivity index (χ3n) is 3.05. The van der Waals surface area contributed by atoms with E-state index in [9.17, 15) is 4.79 Å². The Balaban J connectivity index is 2.28. The molecule has 1 aromatic rings. The molecule has 1 aromatic carbocycles. The van der Waals surface area contributed by atoms with E-state index in [1.54, 1.807) is 0 Å². The summed E-state index contributed by atoms with van der Waals surface area (Å²) in [4.78, 5) is 11.2. The number of hydrogen-bond acceptors (Lipinski definition) is 4. The number of rotatable bonds is 9. The van der Waals surface area contributed by atoms with Gasteiger partial charge < -0.3 is 15.2 Å². The van der Waals surface area contributed by atoms with E-state index in [2.05, 4.69) is 15.9 Å². The van der Waals surface area contributed by atoms with Crippen LogP contribution in [0.3, 0.4) is 0 Å². The van der Waals surface area contributed by atoms with Crippen LogP contribution >= 0.6 is 15.9 Å². The number of unbranched alkanes of at least 4 members (excludes halogenated alkanes) is 2. The molecule has 0 heterocycles. The second kappa shape index (κ2) is 9.79. The van der Waals surface area contributed by atoms with E-state index in [1.165, 1.54) is 0 Å². The van der Waals surface area contributed by atoms with Gasteiger partial charge in [-0.1, -0.05) is 15.9 Å². The smallest absolute Gasteiger partial charge is 0.305 e. The highest BCUT2D eigenvalue weighted by molar-refractivity contribution is 9.10. The maximum absolute atomic E-state index is 11.2. The van der Waals surface area contributed by atoms with E-state index >= 15 is 0 Å². The highest BCUT2D eigenvalue weighted by Crippen LogP contribution is 2.27. The maximum atomic E-state index is 11.2. The molecular formula is C16H24BrNO3. The Morgan fingerprint density at radius 2 is 2.10 bits per heavy atom. The molecule has 0 radical (unpaired) electrons. The molecular weight excluding hydrogens is 334 g/mol. The van der Waals surface area contributed by atoms with Crippen LogP contribution in [-0.2, 0) is 9.53 Å². The van der Waals surface area contributed by atoms with Gasteiger partial charge in [-0.15, -0.1) is 0 Å². The lowest BCUT2D eigenvalue weighted by Crippen LogP contribution is -2.09. The van der Waals surface area contributed by atoms with Crippen molar-refractivity contribution in [2.45, 2.75) is 45.6 Å². The van der Waals surface area contributed by atoms with Crippen LogP contribution in [0.25, 0.3) is 0 Å². The van der Waals surface area contributed by atoms with Gasteiger partial charge in [0.1, 0.15) is 5.75 Å². The second-order valence-electron chi connectivity index (χ2n) is 4.93. The second-order valence-corrected chi connectivity index (χ2v) is 5.85. The molecule has 5 heteroatoms. The molecule has 0 aromatic heterocycles. The summed E-state index contributed by atoms with van der Waals surface area (Å²) in [5.74, 6) is 0.712. The highest BCUT2D eigenvalue weighted by Gasteiger charge is 2.08. The zero-order valence-corrected chi connectivity index (χ0v) is 14.3. The molecule has 0 bridgehead atoms. The van der Waals surface area contributed by atoms with E-state index in [0.29, 0.717) is 19.6 Å². The van der Waals surface area contributed by atoms with Gasteiger partial charge in [-0.3, -0.25) is 4.79 Å². The standard InChI is InChI=1S/C16H24BrNO3/c1-3-20-16(19)7-5-4-6-10-21-15-9-8-13(17)11-14(15)12(2)18/h8-9,11-12H,3-7,10,18H2,1-2H3. The topological polar surface area (TPSA) is 61.5 Å². The fourth-order valence-corrected chi connectivity index (χ4v) is 2.35. The van der Waals surface area contributed by atoms with Gasteiger partial charge in [0.15, 0.2) is 0 Å². The molecule has 1 rings (SSSR count). The van der Waals surface area contributed by atoms with Crippen molar-refractivity contribution in [3.05, 3.63) is 28.2 Å². The van der Waals surface area contributed by atoms with Crippen molar-refractivity contribution in [2.24, 2.45) is 5.73 Å². The van der Waals surface area contributed by atoms with Crippen molar-refractivity contribution in [1.29, 1.82) is 0 Å². The van der Waals surface area contributed by atoms with Crippen molar-refractivity contribution in [3.63, 3.8) is 0 Å². The molecule has 0 aliphatic heterocycles. The number of carbonyl (C=O) groups is 1. The molecule has 2 N–H and O–H groups in total. The van der Waals surface area contributed by atoms with Gasteiger partial charge in [-0.05, 0) is 51.3 Å². The maximum Gasteiger partial charge on any atom is 0.305 e. The molecule has 0 spiro atoms. The molecule has 118 valence electrons. The normalized spacial score (nSPS) is 12.0. The van der Waals surface area contributed by atoms with Gasteiger partial charge in [-0.2, -0.15) is 0 Å². The van der Waals surface area contributed by atoms with Crippen molar-refractivity contribution >= 4 is 21.9 Å². The van der Waals surface area contributed by atoms with Gasteiger partial charge in [0.05, 0.1) is 13.2 Å². The van der Waals surface area contributed by atoms with Crippen LogP contribution in [0.15, 0.2) is 22.7 Å². The molecule has 21 heavy (non-hydrogen) atoms. The quantitative estimate of drug-likeness (QED) is 0.536. The molecule has 0 amide bonds. The van der Waals surface area contributed by atoms with Crippen LogP contribution in [0.4, 0.5) is 0 Å². The summed E-state index contributed by atoms with van der Waals surface area (Å²) < 4.78 is 11.7. The number of hydrogen-bond donors (Lipinski definition) is 1. The summed E-state index contributed by atoms with van der Waals surface area (Å²) in [6.45, 7) is 4.84. The number of carbonyl (C=O) groups excluding carboxylic acids is 1. The van der Waals surface area contributed by atoms with Gasteiger partial charge in [-0.25, -0.2) is 0 Å². The monoisotopic (exact) mass is 357 g/mol. The summed E-state index contributed by atoms with van der Waals surface area (Å²) in [5, 5.41) is 0. The molecule has 1 unspecified atom stereocenters. The highest BCUT2D eigenvalue weighted by atomic mass is 79.9. The van der Waals surface area contributed by atoms with Gasteiger partial charge >= 0.3 is 5.97 Å². The number of benzene rings is 1. The predicted molar refractivity (Wildman–Crippen MR) is 87.3 cm³/mol. The molecule has 4 nitrogen and oxygen atoms in total. The van der Waals surface area contributed by atoms with Gasteiger partial charge in [0.2, 0.25) is 0 Å². The zero-order valence-electron chi connectivity index (χ0n) is 12.7. The Labute approximate surface area is 135 Å². The molecule has 0 aliphatic rings. The van der Waals surface area contributed by atoms with E-state index in [4.69, 9.17) is 15.2 Å². The van der Waals surface area contributed by atoms with Crippen LogP contribution in [-0.4, -0.2) is 19.2 Å². The Morgan fingerprint density at radius 3 is 2.76 bits per heavy atom. The molecule has 0 saturated carbocycles. The first kappa shape index (κ1) is 18.0. The first-order valence-electron chi connectivity index (χ1n) is 7.38. The summed E-state index contributed by atoms with van der Waals surface area (Å²) in [7, 11) is 0. The van der Waals surface area contributed by atoms with Crippen molar-refractivity contribution in [2.75, 3.05) is 13.2 Å². The number of esters is 1. The van der Waals surface area contributed by atoms with Crippen LogP contribution in [0.1, 0.15) is 51.1 Å². The Bertz CT molecular complexity index is 449. The van der Waals surface area contributed by atoms with Crippen LogP contribution in [0, 0.1) is 0 Å². The molecule has 0 saturated heterocycles. The average molecular weight is 358 g/mol. The average Bonchev–Trinajstić information content (AvgIpc) is 2.44. The Hall–Kier alpha value is -1.07. The minimum atomic E-state index is -0.120. The minimum Gasteiger partial charge on any atom is -0.493 e. The SMILES string of the molecule is CCOC(=O)CCCCCOc1ccc(Br)cc1C(C)N. The van der Waals surface area contributed by atoms with Crippen molar-refractivity contribution in [1.82, 2.24) is 0 Å². The van der Waals surface area contributed by atoms with E-state index in [1.807, 2.05) is 32.0 Å². The lowest BCUT2D eigenvalue weighted by Gasteiger charge is -2.14. The largest absolute Gasteiger partial charge is 0.493 e. The Morgan fingerprint density at radius 1 is 1.33 bits per heavy atom. The molecule has 0 aliphatic carbocycles. The summed E-state index contributed by atoms with van der Waals surface area (Å²) in [6, 6.07) is 5.80. The third-order valence-corrected chi connectivity index (χ3v) is 3.54. The summed E-state index contributed by atoms with van der Waals surface area (Å²) in [5.41, 5.74) is 6.94. The number of nitrogens with two attached hydrogens (primary N) is 1. The predicted octanol–water partition coefficient (Wildman–Crippen LogP) is 3.97. The van der Waals surface area contributed by atoms with E-state index < -0.39 is 0 Å². The first-order chi connectivity index (χ1) is 10.0. The fourth-order valence-electron chi connectivity index (χ4n) is 1.97. The van der Waals surface area contributed by atoms with Crippen molar-refractivity contribution in [3.8, 4) is 5.75 Å². The molecule has 0 fully saturated rings. The van der Waals surface area contributed by atoms with Crippen molar-refractivity contribution < 1.29 is 14.3 Å². The number of halogens is 1. The first-order valence-corrected chi connectivity index (χ1v) is 8.17. The third kappa shape index (κ3) is 6.96. The van der Waals surface area contributed by atoms with E-state index in [-0.39, 0.29) is 12.0 Å². The minimum absolute atomic E-state index is 0.0682. The van der Waals surface area contributed by atoms with Crippen LogP contribution in [0.5, 0.6) is 5.75 Å². The zero-order chi connectivity index (χ0) is 15.7. The summed E-state index contributed by atoms with van der Waals surface area (Å²) in [6.07, 6.45) is 3.18. The van der Waals surface area contributed by atoms with Crippen LogP contribution < -0.4 is 10.5 Å². The van der Waals surface area contributed by atoms with Gasteiger partial charge in [0.25, 0.3) is 0 Å². The Kier molecular flexibility index (Phi) is 8.38.